The van der Waals surface area contributed by atoms with Crippen LogP contribution in [-0.4, -0.2) is 30.1 Å². The summed E-state index contributed by atoms with van der Waals surface area (Å²) in [5.41, 5.74) is 0.782. The van der Waals surface area contributed by atoms with Gasteiger partial charge in [0.05, 0.1) is 6.10 Å². The van der Waals surface area contributed by atoms with Crippen molar-refractivity contribution in [2.24, 2.45) is 5.92 Å². The molecule has 3 heteroatoms. The van der Waals surface area contributed by atoms with Crippen LogP contribution in [0.15, 0.2) is 24.3 Å². The largest absolute Gasteiger partial charge is 0.388 e. The summed E-state index contributed by atoms with van der Waals surface area (Å²) in [5.74, 6) is 0.362. The average Bonchev–Trinajstić information content (AvgIpc) is 2.26. The first-order valence-corrected chi connectivity index (χ1v) is 6.11. The summed E-state index contributed by atoms with van der Waals surface area (Å²) in [6.07, 6.45) is 0.166. The Balaban J connectivity index is 2.39. The molecule has 0 aliphatic heterocycles. The van der Waals surface area contributed by atoms with Crippen molar-refractivity contribution < 1.29 is 9.50 Å². The van der Waals surface area contributed by atoms with Crippen LogP contribution in [0.2, 0.25) is 0 Å². The molecule has 0 aliphatic rings. The lowest BCUT2D eigenvalue weighted by Gasteiger charge is -2.20. The Morgan fingerprint density at radius 3 is 2.35 bits per heavy atom. The number of benzene rings is 1. The second-order valence-corrected chi connectivity index (χ2v) is 5.01. The first-order chi connectivity index (χ1) is 7.99. The molecule has 0 aromatic heterocycles. The normalized spacial score (nSPS) is 13.4. The summed E-state index contributed by atoms with van der Waals surface area (Å²) in [7, 11) is 2.05. The maximum atomic E-state index is 12.7. The minimum Gasteiger partial charge on any atom is -0.388 e. The molecule has 1 atom stereocenters. The lowest BCUT2D eigenvalue weighted by molar-refractivity contribution is 0.146. The standard InChI is InChI=1S/C14H22FNO/c1-11(2)10-16(3)9-8-14(17)12-4-6-13(15)7-5-12/h4-7,11,14,17H,8-10H2,1-3H3. The molecule has 0 saturated carbocycles. The van der Waals surface area contributed by atoms with Crippen LogP contribution in [0, 0.1) is 11.7 Å². The van der Waals surface area contributed by atoms with Gasteiger partial charge in [-0.25, -0.2) is 4.39 Å². The maximum Gasteiger partial charge on any atom is 0.123 e. The van der Waals surface area contributed by atoms with Gasteiger partial charge < -0.3 is 10.0 Å². The third-order valence-electron chi connectivity index (χ3n) is 2.72. The van der Waals surface area contributed by atoms with Crippen LogP contribution in [0.25, 0.3) is 0 Å². The van der Waals surface area contributed by atoms with E-state index in [1.165, 1.54) is 12.1 Å². The smallest absolute Gasteiger partial charge is 0.123 e. The van der Waals surface area contributed by atoms with E-state index in [1.807, 2.05) is 0 Å². The Labute approximate surface area is 103 Å². The first kappa shape index (κ1) is 14.1. The van der Waals surface area contributed by atoms with Crippen LogP contribution >= 0.6 is 0 Å². The van der Waals surface area contributed by atoms with E-state index in [9.17, 15) is 9.50 Å². The summed E-state index contributed by atoms with van der Waals surface area (Å²) in [6, 6.07) is 6.05. The molecule has 0 bridgehead atoms. The number of rotatable bonds is 6. The van der Waals surface area contributed by atoms with Crippen LogP contribution < -0.4 is 0 Å². The molecule has 2 nitrogen and oxygen atoms in total. The molecule has 0 saturated heterocycles. The van der Waals surface area contributed by atoms with Gasteiger partial charge >= 0.3 is 0 Å². The van der Waals surface area contributed by atoms with Crippen LogP contribution in [0.3, 0.4) is 0 Å². The van der Waals surface area contributed by atoms with E-state index in [4.69, 9.17) is 0 Å². The van der Waals surface area contributed by atoms with Gasteiger partial charge in [0.25, 0.3) is 0 Å². The molecule has 0 fully saturated rings. The van der Waals surface area contributed by atoms with E-state index in [0.29, 0.717) is 12.3 Å². The highest BCUT2D eigenvalue weighted by Gasteiger charge is 2.09. The van der Waals surface area contributed by atoms with Crippen LogP contribution in [0.4, 0.5) is 4.39 Å². The van der Waals surface area contributed by atoms with Crippen LogP contribution in [0.1, 0.15) is 31.9 Å². The van der Waals surface area contributed by atoms with Gasteiger partial charge in [-0.1, -0.05) is 26.0 Å². The fourth-order valence-electron chi connectivity index (χ4n) is 1.91. The Morgan fingerprint density at radius 1 is 1.24 bits per heavy atom. The zero-order chi connectivity index (χ0) is 12.8. The SMILES string of the molecule is CC(C)CN(C)CCC(O)c1ccc(F)cc1. The zero-order valence-corrected chi connectivity index (χ0v) is 10.9. The molecule has 17 heavy (non-hydrogen) atoms. The molecule has 0 radical (unpaired) electrons. The minimum atomic E-state index is -0.509. The maximum absolute atomic E-state index is 12.7. The van der Waals surface area contributed by atoms with Crippen molar-refractivity contribution in [3.63, 3.8) is 0 Å². The van der Waals surface area contributed by atoms with Crippen molar-refractivity contribution in [2.75, 3.05) is 20.1 Å². The summed E-state index contributed by atoms with van der Waals surface area (Å²) in [6.45, 7) is 6.21. The molecule has 0 heterocycles. The van der Waals surface area contributed by atoms with Gasteiger partial charge in [-0.2, -0.15) is 0 Å². The summed E-state index contributed by atoms with van der Waals surface area (Å²) >= 11 is 0. The van der Waals surface area contributed by atoms with Crippen molar-refractivity contribution in [2.45, 2.75) is 26.4 Å². The van der Waals surface area contributed by atoms with Gasteiger partial charge in [-0.3, -0.25) is 0 Å². The van der Waals surface area contributed by atoms with E-state index in [-0.39, 0.29) is 5.82 Å². The molecule has 1 unspecified atom stereocenters. The Kier molecular flexibility index (Phi) is 5.59. The molecular weight excluding hydrogens is 217 g/mol. The topological polar surface area (TPSA) is 23.5 Å². The summed E-state index contributed by atoms with van der Waals surface area (Å²) < 4.78 is 12.7. The third-order valence-corrected chi connectivity index (χ3v) is 2.72. The Bertz CT molecular complexity index is 323. The van der Waals surface area contributed by atoms with E-state index in [1.54, 1.807) is 12.1 Å². The van der Waals surface area contributed by atoms with Gasteiger partial charge in [0.1, 0.15) is 5.82 Å². The van der Waals surface area contributed by atoms with Gasteiger partial charge in [0.2, 0.25) is 0 Å². The monoisotopic (exact) mass is 239 g/mol. The summed E-state index contributed by atoms with van der Waals surface area (Å²) in [5, 5.41) is 9.95. The van der Waals surface area contributed by atoms with Gasteiger partial charge in [0, 0.05) is 13.1 Å². The van der Waals surface area contributed by atoms with Gasteiger partial charge in [-0.05, 0) is 37.1 Å². The second kappa shape index (κ2) is 6.72. The highest BCUT2D eigenvalue weighted by molar-refractivity contribution is 5.18. The van der Waals surface area contributed by atoms with E-state index in [2.05, 4.69) is 25.8 Å². The quantitative estimate of drug-likeness (QED) is 0.825. The molecule has 0 aliphatic carbocycles. The predicted molar refractivity (Wildman–Crippen MR) is 68.3 cm³/mol. The van der Waals surface area contributed by atoms with Crippen molar-refractivity contribution in [1.82, 2.24) is 4.90 Å². The molecule has 1 aromatic rings. The first-order valence-electron chi connectivity index (χ1n) is 6.11. The van der Waals surface area contributed by atoms with E-state index < -0.39 is 6.10 Å². The molecular formula is C14H22FNO. The lowest BCUT2D eigenvalue weighted by Crippen LogP contribution is -2.25. The fourth-order valence-corrected chi connectivity index (χ4v) is 1.91. The number of halogens is 1. The number of hydrogen-bond donors (Lipinski definition) is 1. The molecule has 0 amide bonds. The van der Waals surface area contributed by atoms with Crippen LogP contribution in [0.5, 0.6) is 0 Å². The lowest BCUT2D eigenvalue weighted by atomic mass is 10.1. The highest BCUT2D eigenvalue weighted by atomic mass is 19.1. The average molecular weight is 239 g/mol. The number of aliphatic hydroxyl groups excluding tert-OH is 1. The van der Waals surface area contributed by atoms with Gasteiger partial charge in [0.15, 0.2) is 0 Å². The Morgan fingerprint density at radius 2 is 1.82 bits per heavy atom. The number of aliphatic hydroxyl groups is 1. The third kappa shape index (κ3) is 5.29. The molecule has 1 N–H and O–H groups in total. The zero-order valence-electron chi connectivity index (χ0n) is 10.9. The number of hydrogen-bond acceptors (Lipinski definition) is 2. The number of nitrogens with zero attached hydrogens (tertiary/aromatic N) is 1. The van der Waals surface area contributed by atoms with Gasteiger partial charge in [-0.15, -0.1) is 0 Å². The van der Waals surface area contributed by atoms with Crippen molar-refractivity contribution in [1.29, 1.82) is 0 Å². The predicted octanol–water partition coefficient (Wildman–Crippen LogP) is 2.84. The highest BCUT2D eigenvalue weighted by Crippen LogP contribution is 2.17. The minimum absolute atomic E-state index is 0.266. The molecule has 1 rings (SSSR count). The summed E-state index contributed by atoms with van der Waals surface area (Å²) in [4.78, 5) is 2.21. The van der Waals surface area contributed by atoms with Crippen LogP contribution in [-0.2, 0) is 0 Å². The molecule has 1 aromatic carbocycles. The molecule has 0 spiro atoms. The fraction of sp³-hybridized carbons (Fsp3) is 0.571. The van der Waals surface area contributed by atoms with Crippen molar-refractivity contribution in [3.05, 3.63) is 35.6 Å². The van der Waals surface area contributed by atoms with Crippen molar-refractivity contribution in [3.8, 4) is 0 Å². The second-order valence-electron chi connectivity index (χ2n) is 5.01. The van der Waals surface area contributed by atoms with E-state index >= 15 is 0 Å². The van der Waals surface area contributed by atoms with E-state index in [0.717, 1.165) is 18.7 Å². The molecule has 96 valence electrons. The van der Waals surface area contributed by atoms with Crippen molar-refractivity contribution >= 4 is 0 Å². The Hall–Kier alpha value is -0.930.